The Bertz CT molecular complexity index is 752. The molecule has 0 amide bonds. The van der Waals surface area contributed by atoms with E-state index in [1.807, 2.05) is 36.4 Å². The summed E-state index contributed by atoms with van der Waals surface area (Å²) in [4.78, 5) is 4.47. The summed E-state index contributed by atoms with van der Waals surface area (Å²) in [6.07, 6.45) is 0. The summed E-state index contributed by atoms with van der Waals surface area (Å²) in [7, 11) is 1.61. The maximum atomic E-state index is 5.77. The number of methoxy groups -OCH3 is 1. The van der Waals surface area contributed by atoms with Crippen LogP contribution in [-0.2, 0) is 0 Å². The van der Waals surface area contributed by atoms with Crippen LogP contribution >= 0.6 is 15.9 Å². The van der Waals surface area contributed by atoms with E-state index in [0.29, 0.717) is 28.4 Å². The molecule has 0 spiro atoms. The highest BCUT2D eigenvalue weighted by Gasteiger charge is 2.12. The molecule has 0 unspecified atom stereocenters. The van der Waals surface area contributed by atoms with Crippen molar-refractivity contribution in [1.82, 2.24) is 4.98 Å². The lowest BCUT2D eigenvalue weighted by Crippen LogP contribution is -1.87. The van der Waals surface area contributed by atoms with Gasteiger partial charge in [0, 0.05) is 15.7 Å². The average Bonchev–Trinajstić information content (AvgIpc) is 2.85. The molecule has 19 heavy (non-hydrogen) atoms. The van der Waals surface area contributed by atoms with E-state index in [1.54, 1.807) is 7.11 Å². The van der Waals surface area contributed by atoms with Crippen LogP contribution in [0.2, 0.25) is 0 Å². The molecule has 4 nitrogen and oxygen atoms in total. The van der Waals surface area contributed by atoms with Crippen LogP contribution in [0.3, 0.4) is 0 Å². The van der Waals surface area contributed by atoms with Crippen molar-refractivity contribution >= 4 is 32.7 Å². The number of para-hydroxylation sites is 1. The maximum Gasteiger partial charge on any atom is 0.227 e. The number of hydrogen-bond acceptors (Lipinski definition) is 4. The van der Waals surface area contributed by atoms with Crippen molar-refractivity contribution in [1.29, 1.82) is 0 Å². The second-order valence-electron chi connectivity index (χ2n) is 4.06. The molecule has 0 radical (unpaired) electrons. The van der Waals surface area contributed by atoms with Gasteiger partial charge in [-0.1, -0.05) is 6.07 Å². The van der Waals surface area contributed by atoms with Crippen LogP contribution in [-0.4, -0.2) is 12.1 Å². The van der Waals surface area contributed by atoms with Gasteiger partial charge in [0.2, 0.25) is 5.89 Å². The summed E-state index contributed by atoms with van der Waals surface area (Å²) in [6.45, 7) is 0. The number of oxazole rings is 1. The van der Waals surface area contributed by atoms with Crippen LogP contribution < -0.4 is 10.5 Å². The van der Waals surface area contributed by atoms with Gasteiger partial charge in [0.25, 0.3) is 0 Å². The van der Waals surface area contributed by atoms with Crippen molar-refractivity contribution in [3.8, 4) is 17.2 Å². The number of nitrogen functional groups attached to an aromatic ring is 1. The van der Waals surface area contributed by atoms with Gasteiger partial charge in [-0.25, -0.2) is 4.98 Å². The average molecular weight is 319 g/mol. The van der Waals surface area contributed by atoms with Gasteiger partial charge in [0.1, 0.15) is 5.75 Å². The zero-order valence-corrected chi connectivity index (χ0v) is 11.8. The number of fused-ring (bicyclic) bond motifs is 1. The maximum absolute atomic E-state index is 5.77. The predicted molar refractivity (Wildman–Crippen MR) is 78.1 cm³/mol. The van der Waals surface area contributed by atoms with E-state index in [9.17, 15) is 0 Å². The van der Waals surface area contributed by atoms with Gasteiger partial charge >= 0.3 is 0 Å². The Balaban J connectivity index is 2.17. The number of halogens is 1. The predicted octanol–water partition coefficient (Wildman–Crippen LogP) is 3.85. The number of ether oxygens (including phenoxy) is 1. The van der Waals surface area contributed by atoms with Crippen LogP contribution in [0.4, 0.5) is 5.69 Å². The lowest BCUT2D eigenvalue weighted by molar-refractivity contribution is 0.419. The van der Waals surface area contributed by atoms with E-state index in [2.05, 4.69) is 20.9 Å². The first-order chi connectivity index (χ1) is 9.19. The molecule has 2 aromatic carbocycles. The molecule has 0 fully saturated rings. The van der Waals surface area contributed by atoms with E-state index in [0.717, 1.165) is 10.0 Å². The molecule has 0 saturated carbocycles. The molecule has 1 heterocycles. The Labute approximate surface area is 118 Å². The Morgan fingerprint density at radius 2 is 2.11 bits per heavy atom. The molecule has 0 saturated heterocycles. The minimum atomic E-state index is 0.542. The number of nitrogens with zero attached hydrogens (tertiary/aromatic N) is 1. The van der Waals surface area contributed by atoms with Gasteiger partial charge in [-0.05, 0) is 46.3 Å². The number of anilines is 1. The third-order valence-electron chi connectivity index (χ3n) is 2.85. The fourth-order valence-electron chi connectivity index (χ4n) is 1.87. The van der Waals surface area contributed by atoms with Gasteiger partial charge in [0.15, 0.2) is 11.1 Å². The second kappa shape index (κ2) is 4.59. The second-order valence-corrected chi connectivity index (χ2v) is 4.92. The van der Waals surface area contributed by atoms with E-state index in [-0.39, 0.29) is 0 Å². The zero-order valence-electron chi connectivity index (χ0n) is 10.2. The Hall–Kier alpha value is -2.01. The standard InChI is InChI=1S/C14H11BrN2O2/c1-18-11-3-2-4-12-13(11)17-14(19-12)8-5-6-10(16)9(15)7-8/h2-7H,16H2,1H3. The number of hydrogen-bond donors (Lipinski definition) is 1. The molecule has 96 valence electrons. The van der Waals surface area contributed by atoms with Crippen molar-refractivity contribution in [3.05, 3.63) is 40.9 Å². The molecule has 3 aromatic rings. The normalized spacial score (nSPS) is 10.8. The summed E-state index contributed by atoms with van der Waals surface area (Å²) < 4.78 is 11.8. The van der Waals surface area contributed by atoms with E-state index in [4.69, 9.17) is 14.9 Å². The molecule has 0 atom stereocenters. The summed E-state index contributed by atoms with van der Waals surface area (Å²) in [5.74, 6) is 1.24. The van der Waals surface area contributed by atoms with Crippen LogP contribution in [0.15, 0.2) is 45.3 Å². The fraction of sp³-hybridized carbons (Fsp3) is 0.0714. The first kappa shape index (κ1) is 12.0. The first-order valence-electron chi connectivity index (χ1n) is 5.68. The molecule has 0 aliphatic heterocycles. The van der Waals surface area contributed by atoms with Gasteiger partial charge in [-0.3, -0.25) is 0 Å². The molecule has 0 aliphatic rings. The minimum Gasteiger partial charge on any atom is -0.494 e. The van der Waals surface area contributed by atoms with Gasteiger partial charge in [-0.2, -0.15) is 0 Å². The highest BCUT2D eigenvalue weighted by Crippen LogP contribution is 2.32. The van der Waals surface area contributed by atoms with Crippen LogP contribution in [0.25, 0.3) is 22.6 Å². The van der Waals surface area contributed by atoms with Crippen molar-refractivity contribution in [2.24, 2.45) is 0 Å². The lowest BCUT2D eigenvalue weighted by atomic mass is 10.2. The molecule has 3 rings (SSSR count). The fourth-order valence-corrected chi connectivity index (χ4v) is 2.25. The quantitative estimate of drug-likeness (QED) is 0.729. The summed E-state index contributed by atoms with van der Waals surface area (Å²) >= 11 is 3.40. The Morgan fingerprint density at radius 1 is 1.26 bits per heavy atom. The van der Waals surface area contributed by atoms with Crippen molar-refractivity contribution in [3.63, 3.8) is 0 Å². The summed E-state index contributed by atoms with van der Waals surface area (Å²) in [5.41, 5.74) is 8.72. The molecule has 1 aromatic heterocycles. The van der Waals surface area contributed by atoms with Crippen LogP contribution in [0, 0.1) is 0 Å². The topological polar surface area (TPSA) is 61.3 Å². The minimum absolute atomic E-state index is 0.542. The molecular weight excluding hydrogens is 308 g/mol. The van der Waals surface area contributed by atoms with Crippen molar-refractivity contribution in [2.75, 3.05) is 12.8 Å². The van der Waals surface area contributed by atoms with E-state index >= 15 is 0 Å². The van der Waals surface area contributed by atoms with Crippen molar-refractivity contribution in [2.45, 2.75) is 0 Å². The van der Waals surface area contributed by atoms with E-state index < -0.39 is 0 Å². The Morgan fingerprint density at radius 3 is 2.84 bits per heavy atom. The SMILES string of the molecule is COc1cccc2oc(-c3ccc(N)c(Br)c3)nc12. The van der Waals surface area contributed by atoms with E-state index in [1.165, 1.54) is 0 Å². The van der Waals surface area contributed by atoms with Crippen LogP contribution in [0.5, 0.6) is 5.75 Å². The molecule has 0 bridgehead atoms. The van der Waals surface area contributed by atoms with Crippen LogP contribution in [0.1, 0.15) is 0 Å². The largest absolute Gasteiger partial charge is 0.494 e. The Kier molecular flexibility index (Phi) is 2.91. The molecule has 5 heteroatoms. The highest BCUT2D eigenvalue weighted by molar-refractivity contribution is 9.10. The molecule has 2 N–H and O–H groups in total. The lowest BCUT2D eigenvalue weighted by Gasteiger charge is -1.99. The van der Waals surface area contributed by atoms with Gasteiger partial charge in [0.05, 0.1) is 7.11 Å². The number of benzene rings is 2. The van der Waals surface area contributed by atoms with Crippen molar-refractivity contribution < 1.29 is 9.15 Å². The van der Waals surface area contributed by atoms with Gasteiger partial charge in [-0.15, -0.1) is 0 Å². The number of nitrogens with two attached hydrogens (primary N) is 1. The highest BCUT2D eigenvalue weighted by atomic mass is 79.9. The third kappa shape index (κ3) is 2.06. The molecular formula is C14H11BrN2O2. The molecule has 0 aliphatic carbocycles. The summed E-state index contributed by atoms with van der Waals surface area (Å²) in [6, 6.07) is 11.2. The monoisotopic (exact) mass is 318 g/mol. The number of aromatic nitrogens is 1. The first-order valence-corrected chi connectivity index (χ1v) is 6.47. The summed E-state index contributed by atoms with van der Waals surface area (Å²) in [5, 5.41) is 0. The number of rotatable bonds is 2. The zero-order chi connectivity index (χ0) is 13.4. The third-order valence-corrected chi connectivity index (χ3v) is 3.54. The van der Waals surface area contributed by atoms with Gasteiger partial charge < -0.3 is 14.9 Å². The smallest absolute Gasteiger partial charge is 0.227 e.